The number of fused-ring (bicyclic) bond motifs is 1. The number of carbonyl (C=O) groups excluding carboxylic acids is 1. The third kappa shape index (κ3) is 4.75. The van der Waals surface area contributed by atoms with Gasteiger partial charge >= 0.3 is 0 Å². The van der Waals surface area contributed by atoms with Crippen LogP contribution in [0, 0.1) is 0 Å². The minimum atomic E-state index is -0.434. The van der Waals surface area contributed by atoms with Crippen LogP contribution in [0.2, 0.25) is 0 Å². The van der Waals surface area contributed by atoms with Crippen molar-refractivity contribution >= 4 is 39.2 Å². The molecule has 158 valence electrons. The van der Waals surface area contributed by atoms with Gasteiger partial charge in [0.1, 0.15) is 5.75 Å². The van der Waals surface area contributed by atoms with Crippen molar-refractivity contribution in [1.82, 2.24) is 4.57 Å². The van der Waals surface area contributed by atoms with Crippen molar-refractivity contribution in [1.29, 1.82) is 0 Å². The minimum Gasteiger partial charge on any atom is -0.497 e. The fourth-order valence-electron chi connectivity index (χ4n) is 3.59. The standard InChI is InChI=1S/C25H24N2O2S2/c1-29-20-13-14-22-21(17-20)27(15-16-30-2)25(31-22)26-24(28)23(18-9-5-3-6-10-18)19-11-7-4-8-12-19/h3-14,17,23H,15-16H2,1-2H3. The number of rotatable bonds is 7. The van der Waals surface area contributed by atoms with Crippen LogP contribution in [0.3, 0.4) is 0 Å². The Morgan fingerprint density at radius 1 is 1.03 bits per heavy atom. The maximum Gasteiger partial charge on any atom is 0.260 e. The summed E-state index contributed by atoms with van der Waals surface area (Å²) in [5, 5.41) is 0. The second-order valence-electron chi connectivity index (χ2n) is 7.07. The molecule has 1 amide bonds. The zero-order valence-corrected chi connectivity index (χ0v) is 19.2. The largest absolute Gasteiger partial charge is 0.497 e. The van der Waals surface area contributed by atoms with Crippen LogP contribution in [-0.2, 0) is 11.3 Å². The van der Waals surface area contributed by atoms with E-state index in [1.54, 1.807) is 30.2 Å². The number of hydrogen-bond donors (Lipinski definition) is 0. The molecular formula is C25H24N2O2S2. The van der Waals surface area contributed by atoms with Gasteiger partial charge in [-0.2, -0.15) is 16.8 Å². The Hall–Kier alpha value is -2.83. The molecule has 0 spiro atoms. The average molecular weight is 449 g/mol. The van der Waals surface area contributed by atoms with Gasteiger partial charge in [-0.3, -0.25) is 4.79 Å². The van der Waals surface area contributed by atoms with Crippen molar-refractivity contribution < 1.29 is 9.53 Å². The topological polar surface area (TPSA) is 43.6 Å². The summed E-state index contributed by atoms with van der Waals surface area (Å²) in [6.07, 6.45) is 2.08. The van der Waals surface area contributed by atoms with E-state index >= 15 is 0 Å². The molecule has 0 N–H and O–H groups in total. The summed E-state index contributed by atoms with van der Waals surface area (Å²) in [4.78, 5) is 18.9. The number of ether oxygens (including phenoxy) is 1. The van der Waals surface area contributed by atoms with Gasteiger partial charge in [0, 0.05) is 18.4 Å². The Morgan fingerprint density at radius 3 is 2.26 bits per heavy atom. The highest BCUT2D eigenvalue weighted by atomic mass is 32.2. The Morgan fingerprint density at radius 2 is 1.68 bits per heavy atom. The number of methoxy groups -OCH3 is 1. The molecule has 4 rings (SSSR count). The minimum absolute atomic E-state index is 0.158. The van der Waals surface area contributed by atoms with Crippen LogP contribution < -0.4 is 9.54 Å². The van der Waals surface area contributed by atoms with Crippen molar-refractivity contribution in [3.8, 4) is 5.75 Å². The number of carbonyl (C=O) groups is 1. The van der Waals surface area contributed by atoms with E-state index in [2.05, 4.69) is 15.8 Å². The molecule has 0 aliphatic rings. The number of hydrogen-bond acceptors (Lipinski definition) is 4. The predicted octanol–water partition coefficient (Wildman–Crippen LogP) is 5.33. The Labute approximate surface area is 190 Å². The molecule has 0 atom stereocenters. The summed E-state index contributed by atoms with van der Waals surface area (Å²) in [6.45, 7) is 0.780. The highest BCUT2D eigenvalue weighted by molar-refractivity contribution is 7.98. The quantitative estimate of drug-likeness (QED) is 0.384. The van der Waals surface area contributed by atoms with Crippen molar-refractivity contribution in [2.24, 2.45) is 4.99 Å². The average Bonchev–Trinajstić information content (AvgIpc) is 3.15. The molecule has 4 aromatic rings. The van der Waals surface area contributed by atoms with E-state index in [4.69, 9.17) is 4.74 Å². The highest BCUT2D eigenvalue weighted by Crippen LogP contribution is 2.27. The van der Waals surface area contributed by atoms with Crippen LogP contribution in [0.25, 0.3) is 10.2 Å². The molecule has 1 heterocycles. The molecule has 0 saturated heterocycles. The van der Waals surface area contributed by atoms with E-state index in [9.17, 15) is 4.79 Å². The lowest BCUT2D eigenvalue weighted by atomic mass is 9.91. The Balaban J connectivity index is 1.84. The molecule has 0 fully saturated rings. The lowest BCUT2D eigenvalue weighted by Gasteiger charge is -2.14. The third-order valence-corrected chi connectivity index (χ3v) is 6.78. The number of nitrogens with zero attached hydrogens (tertiary/aromatic N) is 2. The second-order valence-corrected chi connectivity index (χ2v) is 9.06. The summed E-state index contributed by atoms with van der Waals surface area (Å²) < 4.78 is 8.63. The van der Waals surface area contributed by atoms with Gasteiger partial charge in [0.25, 0.3) is 5.91 Å². The molecule has 0 bridgehead atoms. The highest BCUT2D eigenvalue weighted by Gasteiger charge is 2.22. The molecule has 0 saturated carbocycles. The lowest BCUT2D eigenvalue weighted by Crippen LogP contribution is -2.21. The molecule has 4 nitrogen and oxygen atoms in total. The van der Waals surface area contributed by atoms with Crippen molar-refractivity contribution in [2.45, 2.75) is 12.5 Å². The molecule has 6 heteroatoms. The number of amides is 1. The van der Waals surface area contributed by atoms with Crippen LogP contribution in [-0.4, -0.2) is 29.6 Å². The lowest BCUT2D eigenvalue weighted by molar-refractivity contribution is -0.118. The smallest absolute Gasteiger partial charge is 0.260 e. The first-order valence-electron chi connectivity index (χ1n) is 10.1. The molecule has 31 heavy (non-hydrogen) atoms. The van der Waals surface area contributed by atoms with Gasteiger partial charge in [-0.25, -0.2) is 0 Å². The summed E-state index contributed by atoms with van der Waals surface area (Å²) >= 11 is 3.31. The maximum atomic E-state index is 13.5. The van der Waals surface area contributed by atoms with Gasteiger partial charge in [0.15, 0.2) is 4.80 Å². The zero-order valence-electron chi connectivity index (χ0n) is 17.5. The van der Waals surface area contributed by atoms with Gasteiger partial charge in [0.2, 0.25) is 0 Å². The molecule has 0 unspecified atom stereocenters. The first-order valence-corrected chi connectivity index (χ1v) is 12.3. The van der Waals surface area contributed by atoms with E-state index < -0.39 is 5.92 Å². The molecule has 0 aliphatic carbocycles. The number of thioether (sulfide) groups is 1. The zero-order chi connectivity index (χ0) is 21.6. The predicted molar refractivity (Wildman–Crippen MR) is 130 cm³/mol. The normalized spacial score (nSPS) is 11.9. The first-order chi connectivity index (χ1) is 15.2. The van der Waals surface area contributed by atoms with Gasteiger partial charge in [0.05, 0.1) is 23.2 Å². The second kappa shape index (κ2) is 9.98. The van der Waals surface area contributed by atoms with Crippen LogP contribution in [0.15, 0.2) is 83.9 Å². The summed E-state index contributed by atoms with van der Waals surface area (Å²) in [5.74, 6) is 1.14. The number of benzene rings is 3. The van der Waals surface area contributed by atoms with E-state index in [0.717, 1.165) is 44.2 Å². The van der Waals surface area contributed by atoms with Gasteiger partial charge in [-0.05, 0) is 29.5 Å². The third-order valence-electron chi connectivity index (χ3n) is 5.13. The van der Waals surface area contributed by atoms with E-state index in [0.29, 0.717) is 0 Å². The van der Waals surface area contributed by atoms with Gasteiger partial charge in [-0.1, -0.05) is 72.0 Å². The number of aromatic nitrogens is 1. The fraction of sp³-hybridized carbons (Fsp3) is 0.200. The Kier molecular flexibility index (Phi) is 6.89. The molecule has 3 aromatic carbocycles. The molecule has 0 radical (unpaired) electrons. The van der Waals surface area contributed by atoms with E-state index in [1.165, 1.54) is 0 Å². The van der Waals surface area contributed by atoms with Crippen LogP contribution in [0.4, 0.5) is 0 Å². The molecule has 1 aromatic heterocycles. The number of aryl methyl sites for hydroxylation is 1. The van der Waals surface area contributed by atoms with Gasteiger partial charge in [-0.15, -0.1) is 0 Å². The van der Waals surface area contributed by atoms with Crippen LogP contribution >= 0.6 is 23.1 Å². The molecule has 0 aliphatic heterocycles. The van der Waals surface area contributed by atoms with Crippen LogP contribution in [0.5, 0.6) is 5.75 Å². The SMILES string of the molecule is COc1ccc2sc(=NC(=O)C(c3ccccc3)c3ccccc3)n(CCSC)c2c1. The van der Waals surface area contributed by atoms with Gasteiger partial charge < -0.3 is 9.30 Å². The summed E-state index contributed by atoms with van der Waals surface area (Å²) in [7, 11) is 1.67. The van der Waals surface area contributed by atoms with Crippen molar-refractivity contribution in [2.75, 3.05) is 19.1 Å². The fourth-order valence-corrected chi connectivity index (χ4v) is 4.99. The van der Waals surface area contributed by atoms with Crippen LogP contribution in [0.1, 0.15) is 17.0 Å². The number of thiazole rings is 1. The molecular weight excluding hydrogens is 424 g/mol. The van der Waals surface area contributed by atoms with Crippen molar-refractivity contribution in [3.63, 3.8) is 0 Å². The first kappa shape index (κ1) is 21.4. The van der Waals surface area contributed by atoms with E-state index in [-0.39, 0.29) is 5.91 Å². The summed E-state index contributed by atoms with van der Waals surface area (Å²) in [6, 6.07) is 25.7. The van der Waals surface area contributed by atoms with Crippen molar-refractivity contribution in [3.05, 3.63) is 94.8 Å². The summed E-state index contributed by atoms with van der Waals surface area (Å²) in [5.41, 5.74) is 2.93. The monoisotopic (exact) mass is 448 g/mol. The van der Waals surface area contributed by atoms with E-state index in [1.807, 2.05) is 78.9 Å². The maximum absolute atomic E-state index is 13.5. The Bertz CT molecular complexity index is 1190.